The van der Waals surface area contributed by atoms with Gasteiger partial charge in [0.15, 0.2) is 0 Å². The van der Waals surface area contributed by atoms with Crippen molar-refractivity contribution >= 4 is 5.91 Å². The van der Waals surface area contributed by atoms with E-state index in [0.717, 1.165) is 42.9 Å². The van der Waals surface area contributed by atoms with Gasteiger partial charge in [-0.25, -0.2) is 0 Å². The molecule has 1 fully saturated rings. The number of aliphatic hydroxyl groups excluding tert-OH is 1. The second-order valence-corrected chi connectivity index (χ2v) is 7.05. The molecule has 2 heterocycles. The number of fused-ring (bicyclic) bond motifs is 1. The van der Waals surface area contributed by atoms with Crippen LogP contribution in [0.4, 0.5) is 0 Å². The molecule has 2 N–H and O–H groups in total. The maximum Gasteiger partial charge on any atom is 0.242 e. The molecule has 0 radical (unpaired) electrons. The summed E-state index contributed by atoms with van der Waals surface area (Å²) in [5.41, 5.74) is 3.18. The topological polar surface area (TPSA) is 76.4 Å². The summed E-state index contributed by atoms with van der Waals surface area (Å²) < 4.78 is 7.22. The molecule has 0 saturated heterocycles. The lowest BCUT2D eigenvalue weighted by Gasteiger charge is -2.38. The molecule has 6 nitrogen and oxygen atoms in total. The molecular weight excluding hydrogens is 318 g/mol. The van der Waals surface area contributed by atoms with E-state index in [1.807, 2.05) is 31.3 Å². The Labute approximate surface area is 146 Å². The van der Waals surface area contributed by atoms with Gasteiger partial charge in [-0.2, -0.15) is 5.10 Å². The Hall–Kier alpha value is -2.34. The quantitative estimate of drug-likeness (QED) is 0.869. The summed E-state index contributed by atoms with van der Waals surface area (Å²) >= 11 is 0. The molecule has 0 bridgehead atoms. The molecular formula is C19H23N3O3. The minimum absolute atomic E-state index is 0.0637. The van der Waals surface area contributed by atoms with Crippen molar-refractivity contribution in [2.45, 2.75) is 44.9 Å². The van der Waals surface area contributed by atoms with Gasteiger partial charge in [-0.1, -0.05) is 6.07 Å². The summed E-state index contributed by atoms with van der Waals surface area (Å²) in [5, 5.41) is 17.1. The number of aromatic nitrogens is 2. The summed E-state index contributed by atoms with van der Waals surface area (Å²) in [6, 6.07) is 7.95. The second-order valence-electron chi connectivity index (χ2n) is 7.05. The van der Waals surface area contributed by atoms with Gasteiger partial charge in [0, 0.05) is 12.6 Å². The van der Waals surface area contributed by atoms with Crippen molar-refractivity contribution in [3.05, 3.63) is 47.3 Å². The average molecular weight is 341 g/mol. The van der Waals surface area contributed by atoms with E-state index in [9.17, 15) is 9.90 Å². The molecule has 1 aliphatic heterocycles. The predicted molar refractivity (Wildman–Crippen MR) is 92.2 cm³/mol. The number of nitrogens with one attached hydrogen (secondary N) is 1. The lowest BCUT2D eigenvalue weighted by Crippen LogP contribution is -2.42. The van der Waals surface area contributed by atoms with E-state index in [1.54, 1.807) is 4.68 Å². The SMILES string of the molecule is Cc1ccn(CC(=O)N[C@H](c2ccc3c(c2)CCO3)C2CC(O)C2)n1. The van der Waals surface area contributed by atoms with Gasteiger partial charge in [0.05, 0.1) is 24.4 Å². The maximum absolute atomic E-state index is 12.5. The fourth-order valence-corrected chi connectivity index (χ4v) is 3.69. The third-order valence-electron chi connectivity index (χ3n) is 5.09. The Morgan fingerprint density at radius 2 is 2.28 bits per heavy atom. The van der Waals surface area contributed by atoms with E-state index < -0.39 is 0 Å². The zero-order valence-electron chi connectivity index (χ0n) is 14.3. The van der Waals surface area contributed by atoms with Crippen molar-refractivity contribution in [1.29, 1.82) is 0 Å². The lowest BCUT2D eigenvalue weighted by molar-refractivity contribution is -0.123. The van der Waals surface area contributed by atoms with Gasteiger partial charge in [0.1, 0.15) is 12.3 Å². The van der Waals surface area contributed by atoms with Crippen LogP contribution in [0.25, 0.3) is 0 Å². The molecule has 1 atom stereocenters. The van der Waals surface area contributed by atoms with Crippen molar-refractivity contribution < 1.29 is 14.6 Å². The van der Waals surface area contributed by atoms with E-state index in [0.29, 0.717) is 0 Å². The van der Waals surface area contributed by atoms with Crippen molar-refractivity contribution in [1.82, 2.24) is 15.1 Å². The highest BCUT2D eigenvalue weighted by molar-refractivity contribution is 5.76. The van der Waals surface area contributed by atoms with Gasteiger partial charge in [-0.15, -0.1) is 0 Å². The summed E-state index contributed by atoms with van der Waals surface area (Å²) in [6.45, 7) is 2.82. The van der Waals surface area contributed by atoms with Crippen molar-refractivity contribution in [2.24, 2.45) is 5.92 Å². The van der Waals surface area contributed by atoms with Crippen LogP contribution in [0.2, 0.25) is 0 Å². The van der Waals surface area contributed by atoms with Gasteiger partial charge in [0.2, 0.25) is 5.91 Å². The standard InChI is InChI=1S/C19H23N3O3/c1-12-4-6-22(21-12)11-18(24)20-19(15-9-16(23)10-15)14-2-3-17-13(8-14)5-7-25-17/h2-4,6,8,15-16,19,23H,5,7,9-11H2,1H3,(H,20,24)/t15?,16?,19-/m1/s1. The molecule has 1 aromatic carbocycles. The highest BCUT2D eigenvalue weighted by Gasteiger charge is 2.36. The van der Waals surface area contributed by atoms with E-state index >= 15 is 0 Å². The number of rotatable bonds is 5. The highest BCUT2D eigenvalue weighted by Crippen LogP contribution is 2.39. The van der Waals surface area contributed by atoms with Crippen LogP contribution in [0.5, 0.6) is 5.75 Å². The molecule has 6 heteroatoms. The van der Waals surface area contributed by atoms with Crippen LogP contribution in [0.3, 0.4) is 0 Å². The van der Waals surface area contributed by atoms with Gasteiger partial charge < -0.3 is 15.2 Å². The number of hydrogen-bond donors (Lipinski definition) is 2. The van der Waals surface area contributed by atoms with Crippen LogP contribution in [0, 0.1) is 12.8 Å². The lowest BCUT2D eigenvalue weighted by atomic mass is 9.75. The number of nitrogens with zero attached hydrogens (tertiary/aromatic N) is 2. The Kier molecular flexibility index (Phi) is 4.21. The fourth-order valence-electron chi connectivity index (χ4n) is 3.69. The van der Waals surface area contributed by atoms with Crippen molar-refractivity contribution in [2.75, 3.05) is 6.61 Å². The molecule has 1 aromatic heterocycles. The van der Waals surface area contributed by atoms with Crippen LogP contribution in [0.15, 0.2) is 30.5 Å². The molecule has 1 aliphatic carbocycles. The number of amides is 1. The van der Waals surface area contributed by atoms with Gasteiger partial charge in [-0.3, -0.25) is 9.48 Å². The summed E-state index contributed by atoms with van der Waals surface area (Å²) in [4.78, 5) is 12.5. The van der Waals surface area contributed by atoms with Crippen molar-refractivity contribution in [3.63, 3.8) is 0 Å². The van der Waals surface area contributed by atoms with Gasteiger partial charge >= 0.3 is 0 Å². The maximum atomic E-state index is 12.5. The minimum Gasteiger partial charge on any atom is -0.493 e. The first-order chi connectivity index (χ1) is 12.1. The average Bonchev–Trinajstić information content (AvgIpc) is 3.18. The van der Waals surface area contributed by atoms with E-state index in [2.05, 4.69) is 16.5 Å². The molecule has 0 spiro atoms. The molecule has 132 valence electrons. The number of carbonyl (C=O) groups excluding carboxylic acids is 1. The van der Waals surface area contributed by atoms with E-state index in [1.165, 1.54) is 5.56 Å². The summed E-state index contributed by atoms with van der Waals surface area (Å²) in [5.74, 6) is 1.14. The van der Waals surface area contributed by atoms with Crippen LogP contribution in [-0.4, -0.2) is 33.5 Å². The molecule has 2 aromatic rings. The van der Waals surface area contributed by atoms with Crippen molar-refractivity contribution in [3.8, 4) is 5.75 Å². The Balaban J connectivity index is 1.51. The van der Waals surface area contributed by atoms with Crippen LogP contribution in [-0.2, 0) is 17.8 Å². The van der Waals surface area contributed by atoms with Crippen LogP contribution < -0.4 is 10.1 Å². The third-order valence-corrected chi connectivity index (χ3v) is 5.09. The predicted octanol–water partition coefficient (Wildman–Crippen LogP) is 1.75. The van der Waals surface area contributed by atoms with E-state index in [4.69, 9.17) is 4.74 Å². The van der Waals surface area contributed by atoms with Crippen LogP contribution >= 0.6 is 0 Å². The highest BCUT2D eigenvalue weighted by atomic mass is 16.5. The number of aliphatic hydroxyl groups is 1. The summed E-state index contributed by atoms with van der Waals surface area (Å²) in [7, 11) is 0. The molecule has 4 rings (SSSR count). The monoisotopic (exact) mass is 341 g/mol. The zero-order chi connectivity index (χ0) is 17.4. The fraction of sp³-hybridized carbons (Fsp3) is 0.474. The largest absolute Gasteiger partial charge is 0.493 e. The molecule has 25 heavy (non-hydrogen) atoms. The smallest absolute Gasteiger partial charge is 0.242 e. The second kappa shape index (κ2) is 6.52. The van der Waals surface area contributed by atoms with Crippen LogP contribution in [0.1, 0.15) is 35.7 Å². The number of ether oxygens (including phenoxy) is 1. The first kappa shape index (κ1) is 16.1. The molecule has 2 aliphatic rings. The molecule has 1 amide bonds. The zero-order valence-corrected chi connectivity index (χ0v) is 14.3. The number of aryl methyl sites for hydroxylation is 1. The first-order valence-corrected chi connectivity index (χ1v) is 8.81. The van der Waals surface area contributed by atoms with E-state index in [-0.39, 0.29) is 30.5 Å². The normalized spacial score (nSPS) is 22.6. The molecule has 0 unspecified atom stereocenters. The first-order valence-electron chi connectivity index (χ1n) is 8.81. The number of carbonyl (C=O) groups is 1. The Morgan fingerprint density at radius 3 is 3.00 bits per heavy atom. The van der Waals surface area contributed by atoms with Gasteiger partial charge in [0.25, 0.3) is 0 Å². The Morgan fingerprint density at radius 1 is 1.44 bits per heavy atom. The number of hydrogen-bond acceptors (Lipinski definition) is 4. The minimum atomic E-state index is -0.254. The Bertz CT molecular complexity index is 780. The number of benzene rings is 1. The third kappa shape index (κ3) is 3.39. The molecule has 1 saturated carbocycles. The van der Waals surface area contributed by atoms with Gasteiger partial charge in [-0.05, 0) is 55.0 Å². The summed E-state index contributed by atoms with van der Waals surface area (Å²) in [6.07, 6.45) is 3.91.